The van der Waals surface area contributed by atoms with Gasteiger partial charge in [0.1, 0.15) is 22.3 Å². The Morgan fingerprint density at radius 3 is 2.61 bits per heavy atom. The van der Waals surface area contributed by atoms with Gasteiger partial charge in [-0.25, -0.2) is 19.2 Å². The number of hydrogen-bond acceptors (Lipinski definition) is 7. The summed E-state index contributed by atoms with van der Waals surface area (Å²) in [4.78, 5) is 25.6. The standard InChI is InChI=1S/C30H39ClFN7O2/c1-18-12-21(14-26-33-16-24(31)28(34-26)35-27-13-19(2)36-37-27)25(32)15-23(18)20-6-9-38(10-7-20)22-8-11-39(17-22)29(40)41-30(3,4)5/h12-13,15-16,20,22H,6-11,14,17H2,1-5H3,(H2,33,34,35,36,37). The molecule has 2 N–H and O–H groups in total. The largest absolute Gasteiger partial charge is 0.444 e. The number of rotatable bonds is 6. The predicted molar refractivity (Wildman–Crippen MR) is 157 cm³/mol. The normalized spacial score (nSPS) is 18.6. The lowest BCUT2D eigenvalue weighted by Crippen LogP contribution is -2.43. The van der Waals surface area contributed by atoms with Gasteiger partial charge in [0.15, 0.2) is 11.6 Å². The van der Waals surface area contributed by atoms with E-state index in [4.69, 9.17) is 16.3 Å². The van der Waals surface area contributed by atoms with Crippen LogP contribution in [0.3, 0.4) is 0 Å². The number of ether oxygens (including phenoxy) is 1. The van der Waals surface area contributed by atoms with Crippen LogP contribution in [0.1, 0.15) is 74.2 Å². The van der Waals surface area contributed by atoms with Gasteiger partial charge in [-0.05, 0) is 95.6 Å². The van der Waals surface area contributed by atoms with Crippen molar-refractivity contribution in [3.63, 3.8) is 0 Å². The number of nitrogens with zero attached hydrogens (tertiary/aromatic N) is 5. The van der Waals surface area contributed by atoms with Crippen LogP contribution < -0.4 is 5.32 Å². The number of piperidine rings is 1. The second-order valence-electron chi connectivity index (χ2n) is 12.2. The van der Waals surface area contributed by atoms with Crippen LogP contribution in [0, 0.1) is 19.7 Å². The Kier molecular flexibility index (Phi) is 8.52. The number of H-pyrrole nitrogens is 1. The van der Waals surface area contributed by atoms with E-state index in [9.17, 15) is 4.79 Å². The SMILES string of the molecule is Cc1cc(Nc2nc(Cc3cc(C)c(C4CCN(C5CCN(C(=O)OC(C)(C)C)C5)CC4)cc3F)ncc2Cl)n[nH]1. The zero-order valence-corrected chi connectivity index (χ0v) is 25.2. The number of likely N-dealkylation sites (tertiary alicyclic amines) is 2. The molecule has 2 aromatic heterocycles. The maximum Gasteiger partial charge on any atom is 0.410 e. The molecule has 1 amide bonds. The molecule has 0 aliphatic carbocycles. The van der Waals surface area contributed by atoms with Gasteiger partial charge >= 0.3 is 6.09 Å². The number of carbonyl (C=O) groups is 1. The molecule has 0 bridgehead atoms. The molecular formula is C30H39ClFN7O2. The summed E-state index contributed by atoms with van der Waals surface area (Å²) in [5, 5.41) is 10.5. The Morgan fingerprint density at radius 2 is 1.93 bits per heavy atom. The zero-order valence-electron chi connectivity index (χ0n) is 24.4. The lowest BCUT2D eigenvalue weighted by Gasteiger charge is -2.36. The number of aromatic nitrogens is 4. The molecule has 1 aromatic carbocycles. The maximum absolute atomic E-state index is 15.4. The molecular weight excluding hydrogens is 545 g/mol. The number of aryl methyl sites for hydroxylation is 2. The van der Waals surface area contributed by atoms with Crippen molar-refractivity contribution in [1.82, 2.24) is 30.0 Å². The highest BCUT2D eigenvalue weighted by molar-refractivity contribution is 6.32. The lowest BCUT2D eigenvalue weighted by atomic mass is 9.85. The Morgan fingerprint density at radius 1 is 1.17 bits per heavy atom. The first-order valence-corrected chi connectivity index (χ1v) is 14.6. The molecule has 4 heterocycles. The Hall–Kier alpha value is -3.24. The number of halogens is 2. The fourth-order valence-electron chi connectivity index (χ4n) is 5.79. The summed E-state index contributed by atoms with van der Waals surface area (Å²) in [6.45, 7) is 12.9. The second-order valence-corrected chi connectivity index (χ2v) is 12.6. The first kappa shape index (κ1) is 29.3. The summed E-state index contributed by atoms with van der Waals surface area (Å²) in [7, 11) is 0. The highest BCUT2D eigenvalue weighted by Gasteiger charge is 2.35. The average Bonchev–Trinajstić information content (AvgIpc) is 3.57. The minimum atomic E-state index is -0.488. The molecule has 1 atom stereocenters. The number of carbonyl (C=O) groups excluding carboxylic acids is 1. The summed E-state index contributed by atoms with van der Waals surface area (Å²) in [6, 6.07) is 5.82. The van der Waals surface area contributed by atoms with Crippen LogP contribution in [0.15, 0.2) is 24.4 Å². The molecule has 220 valence electrons. The highest BCUT2D eigenvalue weighted by Crippen LogP contribution is 2.34. The third-order valence-electron chi connectivity index (χ3n) is 7.83. The number of nitrogens with one attached hydrogen (secondary N) is 2. The van der Waals surface area contributed by atoms with E-state index in [0.717, 1.165) is 55.7 Å². The van der Waals surface area contributed by atoms with Gasteiger partial charge in [0.2, 0.25) is 0 Å². The van der Waals surface area contributed by atoms with Crippen molar-refractivity contribution < 1.29 is 13.9 Å². The van der Waals surface area contributed by atoms with Gasteiger partial charge < -0.3 is 15.0 Å². The topological polar surface area (TPSA) is 99.3 Å². The molecule has 0 spiro atoms. The van der Waals surface area contributed by atoms with Gasteiger partial charge in [-0.3, -0.25) is 10.00 Å². The van der Waals surface area contributed by atoms with E-state index >= 15 is 4.39 Å². The van der Waals surface area contributed by atoms with Crippen LogP contribution in [0.4, 0.5) is 20.8 Å². The summed E-state index contributed by atoms with van der Waals surface area (Å²) in [5.74, 6) is 1.56. The molecule has 0 radical (unpaired) electrons. The summed E-state index contributed by atoms with van der Waals surface area (Å²) in [5.41, 5.74) is 3.13. The van der Waals surface area contributed by atoms with Crippen LogP contribution in [0.2, 0.25) is 5.02 Å². The van der Waals surface area contributed by atoms with Crippen molar-refractivity contribution >= 4 is 29.3 Å². The number of amides is 1. The minimum absolute atomic E-state index is 0.231. The number of hydrogen-bond donors (Lipinski definition) is 2. The van der Waals surface area contributed by atoms with Crippen LogP contribution >= 0.6 is 11.6 Å². The lowest BCUT2D eigenvalue weighted by molar-refractivity contribution is 0.0276. The quantitative estimate of drug-likeness (QED) is 0.360. The first-order chi connectivity index (χ1) is 19.4. The van der Waals surface area contributed by atoms with Gasteiger partial charge in [-0.1, -0.05) is 17.7 Å². The predicted octanol–water partition coefficient (Wildman–Crippen LogP) is 6.13. The molecule has 9 nitrogen and oxygen atoms in total. The van der Waals surface area contributed by atoms with Crippen LogP contribution in [-0.2, 0) is 11.2 Å². The zero-order chi connectivity index (χ0) is 29.3. The van der Waals surface area contributed by atoms with Gasteiger partial charge in [-0.15, -0.1) is 0 Å². The molecule has 11 heteroatoms. The number of anilines is 2. The summed E-state index contributed by atoms with van der Waals surface area (Å²) in [6.07, 6.45) is 4.43. The fraction of sp³-hybridized carbons (Fsp3) is 0.533. The van der Waals surface area contributed by atoms with Gasteiger partial charge in [0.05, 0.1) is 6.20 Å². The smallest absolute Gasteiger partial charge is 0.410 e. The molecule has 2 aliphatic rings. The van der Waals surface area contributed by atoms with E-state index in [0.29, 0.717) is 46.6 Å². The van der Waals surface area contributed by atoms with Crippen LogP contribution in [0.25, 0.3) is 0 Å². The van der Waals surface area contributed by atoms with Crippen molar-refractivity contribution in [2.24, 2.45) is 0 Å². The van der Waals surface area contributed by atoms with Crippen molar-refractivity contribution in [1.29, 1.82) is 0 Å². The van der Waals surface area contributed by atoms with E-state index in [2.05, 4.69) is 37.3 Å². The van der Waals surface area contributed by atoms with E-state index in [1.807, 2.05) is 44.7 Å². The van der Waals surface area contributed by atoms with E-state index in [1.165, 1.54) is 6.20 Å². The summed E-state index contributed by atoms with van der Waals surface area (Å²) < 4.78 is 20.9. The Balaban J connectivity index is 1.19. The number of aromatic amines is 1. The Labute approximate surface area is 245 Å². The van der Waals surface area contributed by atoms with E-state index in [-0.39, 0.29) is 18.3 Å². The molecule has 1 unspecified atom stereocenters. The first-order valence-electron chi connectivity index (χ1n) is 14.3. The Bertz CT molecular complexity index is 1400. The van der Waals surface area contributed by atoms with Crippen molar-refractivity contribution in [3.05, 3.63) is 63.4 Å². The maximum atomic E-state index is 15.4. The molecule has 2 fully saturated rings. The number of benzene rings is 1. The summed E-state index contributed by atoms with van der Waals surface area (Å²) >= 11 is 6.29. The van der Waals surface area contributed by atoms with Crippen LogP contribution in [-0.4, -0.2) is 73.9 Å². The van der Waals surface area contributed by atoms with Gasteiger partial charge in [0, 0.05) is 37.3 Å². The van der Waals surface area contributed by atoms with Crippen molar-refractivity contribution in [2.45, 2.75) is 77.9 Å². The van der Waals surface area contributed by atoms with E-state index in [1.54, 1.807) is 6.07 Å². The van der Waals surface area contributed by atoms with Crippen LogP contribution in [0.5, 0.6) is 0 Å². The fourth-order valence-corrected chi connectivity index (χ4v) is 5.93. The molecule has 2 saturated heterocycles. The monoisotopic (exact) mass is 583 g/mol. The molecule has 5 rings (SSSR count). The third-order valence-corrected chi connectivity index (χ3v) is 8.11. The molecule has 0 saturated carbocycles. The van der Waals surface area contributed by atoms with Crippen molar-refractivity contribution in [3.8, 4) is 0 Å². The van der Waals surface area contributed by atoms with E-state index < -0.39 is 5.60 Å². The molecule has 3 aromatic rings. The second kappa shape index (κ2) is 11.9. The van der Waals surface area contributed by atoms with Gasteiger partial charge in [-0.2, -0.15) is 5.10 Å². The third kappa shape index (κ3) is 7.16. The highest BCUT2D eigenvalue weighted by atomic mass is 35.5. The minimum Gasteiger partial charge on any atom is -0.444 e. The molecule has 2 aliphatic heterocycles. The van der Waals surface area contributed by atoms with Crippen molar-refractivity contribution in [2.75, 3.05) is 31.5 Å². The average molecular weight is 584 g/mol. The molecule has 41 heavy (non-hydrogen) atoms. The van der Waals surface area contributed by atoms with Gasteiger partial charge in [0.25, 0.3) is 0 Å².